The van der Waals surface area contributed by atoms with Crippen molar-refractivity contribution in [3.05, 3.63) is 75.1 Å². The van der Waals surface area contributed by atoms with Gasteiger partial charge in [-0.1, -0.05) is 18.2 Å². The molecule has 0 fully saturated rings. The molecule has 4 rings (SSSR count). The van der Waals surface area contributed by atoms with E-state index in [1.54, 1.807) is 13.2 Å². The quantitative estimate of drug-likeness (QED) is 0.748. The lowest BCUT2D eigenvalue weighted by atomic mass is 9.90. The smallest absolute Gasteiger partial charge is 0.335 e. The van der Waals surface area contributed by atoms with E-state index in [9.17, 15) is 14.7 Å². The summed E-state index contributed by atoms with van der Waals surface area (Å²) in [4.78, 5) is 24.2. The maximum absolute atomic E-state index is 13.0. The molecule has 0 amide bonds. The molecule has 136 valence electrons. The highest BCUT2D eigenvalue weighted by atomic mass is 16.5. The van der Waals surface area contributed by atoms with Gasteiger partial charge in [-0.2, -0.15) is 0 Å². The molecule has 0 aliphatic heterocycles. The van der Waals surface area contributed by atoms with Crippen molar-refractivity contribution < 1.29 is 19.1 Å². The third kappa shape index (κ3) is 3.01. The molecule has 1 aliphatic carbocycles. The molecule has 2 aromatic carbocycles. The van der Waals surface area contributed by atoms with E-state index in [1.807, 2.05) is 30.3 Å². The van der Waals surface area contributed by atoms with Crippen molar-refractivity contribution in [2.75, 3.05) is 7.11 Å². The highest BCUT2D eigenvalue weighted by molar-refractivity contribution is 5.93. The Labute approximate surface area is 155 Å². The van der Waals surface area contributed by atoms with Gasteiger partial charge in [-0.15, -0.1) is 0 Å². The van der Waals surface area contributed by atoms with Crippen LogP contribution in [0.1, 0.15) is 40.1 Å². The number of hydrogen-bond donors (Lipinski definition) is 1. The molecule has 0 unspecified atom stereocenters. The predicted octanol–water partition coefficient (Wildman–Crippen LogP) is 4.38. The lowest BCUT2D eigenvalue weighted by Crippen LogP contribution is -2.16. The highest BCUT2D eigenvalue weighted by Gasteiger charge is 2.22. The summed E-state index contributed by atoms with van der Waals surface area (Å²) in [5.41, 5.74) is 2.80. The summed E-state index contributed by atoms with van der Waals surface area (Å²) in [6.07, 6.45) is 4.25. The fourth-order valence-electron chi connectivity index (χ4n) is 3.53. The molecule has 1 aromatic heterocycles. The summed E-state index contributed by atoms with van der Waals surface area (Å²) in [6, 6.07) is 12.1. The Hall–Kier alpha value is -3.34. The van der Waals surface area contributed by atoms with Gasteiger partial charge < -0.3 is 14.3 Å². The molecular weight excluding hydrogens is 344 g/mol. The van der Waals surface area contributed by atoms with Gasteiger partial charge in [0.1, 0.15) is 17.1 Å². The Balaban J connectivity index is 1.91. The fourth-order valence-corrected chi connectivity index (χ4v) is 3.53. The van der Waals surface area contributed by atoms with Crippen LogP contribution < -0.4 is 10.2 Å². The third-order valence-electron chi connectivity index (χ3n) is 4.86. The number of ether oxygens (including phenoxy) is 1. The van der Waals surface area contributed by atoms with Crippen LogP contribution in [0.5, 0.6) is 5.75 Å². The average molecular weight is 362 g/mol. The first-order valence-electron chi connectivity index (χ1n) is 8.75. The van der Waals surface area contributed by atoms with Crippen molar-refractivity contribution >= 4 is 28.6 Å². The summed E-state index contributed by atoms with van der Waals surface area (Å²) in [5, 5.41) is 9.49. The largest absolute Gasteiger partial charge is 0.496 e. The molecule has 0 spiro atoms. The fraction of sp³-hybridized carbons (Fsp3) is 0.182. The summed E-state index contributed by atoms with van der Waals surface area (Å²) in [7, 11) is 1.62. The van der Waals surface area contributed by atoms with Crippen molar-refractivity contribution in [3.63, 3.8) is 0 Å². The molecule has 1 aliphatic rings. The van der Waals surface area contributed by atoms with Gasteiger partial charge in [0.25, 0.3) is 0 Å². The van der Waals surface area contributed by atoms with Crippen LogP contribution in [0.4, 0.5) is 0 Å². The average Bonchev–Trinajstić information content (AvgIpc) is 2.69. The van der Waals surface area contributed by atoms with E-state index in [0.717, 1.165) is 29.7 Å². The summed E-state index contributed by atoms with van der Waals surface area (Å²) < 4.78 is 11.5. The second-order valence-electron chi connectivity index (χ2n) is 6.52. The minimum Gasteiger partial charge on any atom is -0.496 e. The van der Waals surface area contributed by atoms with Gasteiger partial charge in [-0.25, -0.2) is 4.79 Å². The van der Waals surface area contributed by atoms with Gasteiger partial charge >= 0.3 is 5.97 Å². The van der Waals surface area contributed by atoms with E-state index in [2.05, 4.69) is 0 Å². The summed E-state index contributed by atoms with van der Waals surface area (Å²) in [5.74, 6) is 0.282. The molecule has 27 heavy (non-hydrogen) atoms. The number of aromatic carboxylic acids is 1. The first-order chi connectivity index (χ1) is 13.1. The molecule has 0 atom stereocenters. The minimum atomic E-state index is -1.06. The first-order valence-corrected chi connectivity index (χ1v) is 8.75. The highest BCUT2D eigenvalue weighted by Crippen LogP contribution is 2.34. The maximum Gasteiger partial charge on any atom is 0.335 e. The minimum absolute atomic E-state index is 0.0790. The number of hydrogen-bond acceptors (Lipinski definition) is 4. The van der Waals surface area contributed by atoms with Gasteiger partial charge in [0.15, 0.2) is 5.43 Å². The third-order valence-corrected chi connectivity index (χ3v) is 4.86. The molecule has 1 heterocycles. The van der Waals surface area contributed by atoms with Crippen LogP contribution in [0.15, 0.2) is 51.7 Å². The van der Waals surface area contributed by atoms with Crippen molar-refractivity contribution in [2.24, 2.45) is 0 Å². The van der Waals surface area contributed by atoms with E-state index >= 15 is 0 Å². The zero-order valence-corrected chi connectivity index (χ0v) is 14.8. The second-order valence-corrected chi connectivity index (χ2v) is 6.52. The van der Waals surface area contributed by atoms with Crippen molar-refractivity contribution in [1.29, 1.82) is 0 Å². The van der Waals surface area contributed by atoms with Gasteiger partial charge in [0, 0.05) is 11.1 Å². The Kier molecular flexibility index (Phi) is 4.28. The maximum atomic E-state index is 13.0. The molecular formula is C22H18O5. The number of carboxylic acids is 1. The Morgan fingerprint density at radius 2 is 2.00 bits per heavy atom. The molecule has 1 N–H and O–H groups in total. The van der Waals surface area contributed by atoms with Gasteiger partial charge in [-0.05, 0) is 55.2 Å². The van der Waals surface area contributed by atoms with E-state index in [0.29, 0.717) is 28.7 Å². The normalized spacial score (nSPS) is 14.9. The first kappa shape index (κ1) is 17.1. The van der Waals surface area contributed by atoms with Crippen LogP contribution in [0, 0.1) is 0 Å². The van der Waals surface area contributed by atoms with Crippen molar-refractivity contribution in [3.8, 4) is 5.75 Å². The van der Waals surface area contributed by atoms with Crippen LogP contribution in [0.25, 0.3) is 22.6 Å². The van der Waals surface area contributed by atoms with Gasteiger partial charge in [-0.3, -0.25) is 4.79 Å². The molecule has 0 saturated carbocycles. The number of allylic oxidation sites excluding steroid dienone is 1. The monoisotopic (exact) mass is 362 g/mol. The topological polar surface area (TPSA) is 76.7 Å². The lowest BCUT2D eigenvalue weighted by molar-refractivity contribution is 0.0697. The van der Waals surface area contributed by atoms with E-state index in [-0.39, 0.29) is 11.0 Å². The van der Waals surface area contributed by atoms with E-state index < -0.39 is 5.97 Å². The molecule has 3 aromatic rings. The number of para-hydroxylation sites is 1. The van der Waals surface area contributed by atoms with Crippen LogP contribution in [-0.2, 0) is 6.42 Å². The van der Waals surface area contributed by atoms with Gasteiger partial charge in [0.2, 0.25) is 0 Å². The Morgan fingerprint density at radius 3 is 2.78 bits per heavy atom. The van der Waals surface area contributed by atoms with Gasteiger partial charge in [0.05, 0.1) is 18.1 Å². The Morgan fingerprint density at radius 1 is 1.19 bits per heavy atom. The zero-order valence-electron chi connectivity index (χ0n) is 14.8. The SMILES string of the molecule is COc1ccccc1C=C1CCCc2c1oc1ccc(C(=O)O)cc1c2=O. The van der Waals surface area contributed by atoms with Crippen LogP contribution in [-0.4, -0.2) is 18.2 Å². The van der Waals surface area contributed by atoms with Crippen molar-refractivity contribution in [2.45, 2.75) is 19.3 Å². The number of carbonyl (C=O) groups is 1. The molecule has 5 nitrogen and oxygen atoms in total. The number of fused-ring (bicyclic) bond motifs is 2. The Bertz CT molecular complexity index is 1140. The number of rotatable bonds is 3. The number of benzene rings is 2. The molecule has 0 saturated heterocycles. The summed E-state index contributed by atoms with van der Waals surface area (Å²) >= 11 is 0. The van der Waals surface area contributed by atoms with E-state index in [4.69, 9.17) is 9.15 Å². The predicted molar refractivity (Wildman–Crippen MR) is 103 cm³/mol. The molecule has 5 heteroatoms. The van der Waals surface area contributed by atoms with Crippen LogP contribution in [0.2, 0.25) is 0 Å². The molecule has 0 bridgehead atoms. The zero-order chi connectivity index (χ0) is 19.0. The lowest BCUT2D eigenvalue weighted by Gasteiger charge is -2.18. The van der Waals surface area contributed by atoms with Crippen molar-refractivity contribution in [1.82, 2.24) is 0 Å². The van der Waals surface area contributed by atoms with Crippen LogP contribution in [0.3, 0.4) is 0 Å². The standard InChI is InChI=1S/C22H18O5/c1-26-18-8-3-2-5-13(18)11-14-6-4-7-16-20(23)17-12-15(22(24)25)9-10-19(17)27-21(14)16/h2-3,5,8-12H,4,6-7H2,1H3,(H,24,25). The summed E-state index contributed by atoms with van der Waals surface area (Å²) in [6.45, 7) is 0. The number of carboxylic acid groups (broad SMARTS) is 1. The second kappa shape index (κ2) is 6.76. The van der Waals surface area contributed by atoms with E-state index in [1.165, 1.54) is 12.1 Å². The van der Waals surface area contributed by atoms with Crippen LogP contribution >= 0.6 is 0 Å². The number of methoxy groups -OCH3 is 1. The molecule has 0 radical (unpaired) electrons.